The minimum atomic E-state index is -0.168. The Labute approximate surface area is 189 Å². The number of carbonyl (C=O) groups excluding carboxylic acids is 1. The number of carbonyl (C=O) groups is 1. The van der Waals surface area contributed by atoms with Crippen molar-refractivity contribution in [2.75, 3.05) is 24.6 Å². The van der Waals surface area contributed by atoms with E-state index < -0.39 is 0 Å². The summed E-state index contributed by atoms with van der Waals surface area (Å²) in [7, 11) is 0. The lowest BCUT2D eigenvalue weighted by atomic mass is 10.0. The molecule has 1 unspecified atom stereocenters. The molecule has 0 saturated carbocycles. The molecular weight excluding hydrogens is 404 g/mol. The molecule has 2 aliphatic rings. The fourth-order valence-corrected chi connectivity index (χ4v) is 4.35. The van der Waals surface area contributed by atoms with Gasteiger partial charge in [-0.3, -0.25) is 0 Å². The molecule has 1 atom stereocenters. The van der Waals surface area contributed by atoms with Gasteiger partial charge in [0, 0.05) is 48.9 Å². The first kappa shape index (κ1) is 21.8. The Balaban J connectivity index is 1.28. The second-order valence-electron chi connectivity index (χ2n) is 8.38. The molecule has 1 saturated heterocycles. The number of piperidine rings is 1. The number of urea groups is 1. The summed E-state index contributed by atoms with van der Waals surface area (Å²) in [4.78, 5) is 14.8. The summed E-state index contributed by atoms with van der Waals surface area (Å²) in [6, 6.07) is 13.8. The number of hydrogen-bond acceptors (Lipinski definition) is 5. The van der Waals surface area contributed by atoms with Crippen LogP contribution in [0.3, 0.4) is 0 Å². The van der Waals surface area contributed by atoms with Crippen molar-refractivity contribution in [3.05, 3.63) is 53.1 Å². The first-order valence-electron chi connectivity index (χ1n) is 11.3. The summed E-state index contributed by atoms with van der Waals surface area (Å²) in [5.74, 6) is 1.69. The van der Waals surface area contributed by atoms with Gasteiger partial charge in [0.2, 0.25) is 0 Å². The number of hydrogen-bond donors (Lipinski definition) is 2. The van der Waals surface area contributed by atoms with Gasteiger partial charge < -0.3 is 25.0 Å². The molecule has 0 aliphatic carbocycles. The maximum absolute atomic E-state index is 12.5. The van der Waals surface area contributed by atoms with Crippen molar-refractivity contribution in [3.8, 4) is 17.6 Å². The molecule has 168 valence electrons. The summed E-state index contributed by atoms with van der Waals surface area (Å²) in [6.07, 6.45) is 2.80. The van der Waals surface area contributed by atoms with Crippen LogP contribution >= 0.6 is 0 Å². The van der Waals surface area contributed by atoms with E-state index in [2.05, 4.69) is 28.5 Å². The standard InChI is InChI=1S/C25H30N4O3/c1-3-31-23-13-19-12-17(2)32-24(19)14-20(23)16-27-25(30)28-21-8-10-29(11-9-21)22-6-4-18(15-26)5-7-22/h4-7,13-14,17,21H,3,8-12,16H2,1-2H3,(H2,27,28,30). The average molecular weight is 435 g/mol. The van der Waals surface area contributed by atoms with Crippen LogP contribution in [0.4, 0.5) is 10.5 Å². The van der Waals surface area contributed by atoms with Crippen molar-refractivity contribution >= 4 is 11.7 Å². The number of nitrogens with one attached hydrogen (secondary N) is 2. The van der Waals surface area contributed by atoms with Gasteiger partial charge in [-0.15, -0.1) is 0 Å². The largest absolute Gasteiger partial charge is 0.494 e. The zero-order chi connectivity index (χ0) is 22.5. The smallest absolute Gasteiger partial charge is 0.315 e. The van der Waals surface area contributed by atoms with Crippen LogP contribution in [0.2, 0.25) is 0 Å². The van der Waals surface area contributed by atoms with E-state index in [4.69, 9.17) is 14.7 Å². The van der Waals surface area contributed by atoms with E-state index in [1.54, 1.807) is 0 Å². The van der Waals surface area contributed by atoms with E-state index in [1.165, 1.54) is 0 Å². The number of nitriles is 1. The van der Waals surface area contributed by atoms with Gasteiger partial charge in [0.25, 0.3) is 0 Å². The molecule has 0 bridgehead atoms. The van der Waals surface area contributed by atoms with Gasteiger partial charge in [0.15, 0.2) is 0 Å². The van der Waals surface area contributed by atoms with E-state index in [1.807, 2.05) is 43.3 Å². The van der Waals surface area contributed by atoms with Gasteiger partial charge in [0.1, 0.15) is 17.6 Å². The fraction of sp³-hybridized carbons (Fsp3) is 0.440. The maximum Gasteiger partial charge on any atom is 0.315 e. The van der Waals surface area contributed by atoms with Crippen molar-refractivity contribution in [2.24, 2.45) is 0 Å². The van der Waals surface area contributed by atoms with Crippen LogP contribution < -0.4 is 25.0 Å². The highest BCUT2D eigenvalue weighted by atomic mass is 16.5. The predicted molar refractivity (Wildman–Crippen MR) is 123 cm³/mol. The van der Waals surface area contributed by atoms with Crippen LogP contribution in [-0.4, -0.2) is 37.9 Å². The molecule has 2 amide bonds. The Morgan fingerprint density at radius 1 is 1.25 bits per heavy atom. The molecule has 2 aliphatic heterocycles. The second-order valence-corrected chi connectivity index (χ2v) is 8.38. The molecule has 2 heterocycles. The quantitative estimate of drug-likeness (QED) is 0.723. The van der Waals surface area contributed by atoms with Gasteiger partial charge >= 0.3 is 6.03 Å². The molecule has 7 heteroatoms. The number of nitrogens with zero attached hydrogens (tertiary/aromatic N) is 2. The van der Waals surface area contributed by atoms with E-state index in [0.29, 0.717) is 18.7 Å². The average Bonchev–Trinajstić information content (AvgIpc) is 3.17. The van der Waals surface area contributed by atoms with Crippen LogP contribution in [-0.2, 0) is 13.0 Å². The van der Waals surface area contributed by atoms with Crippen LogP contribution in [0.25, 0.3) is 0 Å². The molecular formula is C25H30N4O3. The molecule has 0 radical (unpaired) electrons. The van der Waals surface area contributed by atoms with E-state index in [0.717, 1.165) is 60.7 Å². The van der Waals surface area contributed by atoms with Crippen molar-refractivity contribution in [1.82, 2.24) is 10.6 Å². The summed E-state index contributed by atoms with van der Waals surface area (Å²) in [6.45, 7) is 6.71. The van der Waals surface area contributed by atoms with Crippen LogP contribution in [0.15, 0.2) is 36.4 Å². The number of benzene rings is 2. The molecule has 2 aromatic rings. The first-order valence-corrected chi connectivity index (χ1v) is 11.3. The lowest BCUT2D eigenvalue weighted by Crippen LogP contribution is -2.47. The first-order chi connectivity index (χ1) is 15.6. The van der Waals surface area contributed by atoms with Crippen LogP contribution in [0, 0.1) is 11.3 Å². The van der Waals surface area contributed by atoms with E-state index in [-0.39, 0.29) is 18.2 Å². The number of rotatable bonds is 6. The summed E-state index contributed by atoms with van der Waals surface area (Å²) in [5, 5.41) is 15.0. The normalized spacial score (nSPS) is 17.8. The Morgan fingerprint density at radius 2 is 2.00 bits per heavy atom. The fourth-order valence-electron chi connectivity index (χ4n) is 4.35. The summed E-state index contributed by atoms with van der Waals surface area (Å²) < 4.78 is 11.7. The molecule has 0 aromatic heterocycles. The van der Waals surface area contributed by atoms with Gasteiger partial charge in [-0.25, -0.2) is 4.79 Å². The number of ether oxygens (including phenoxy) is 2. The van der Waals surface area contributed by atoms with Gasteiger partial charge in [-0.1, -0.05) is 0 Å². The number of fused-ring (bicyclic) bond motifs is 1. The predicted octanol–water partition coefficient (Wildman–Crippen LogP) is 3.75. The maximum atomic E-state index is 12.5. The Hall–Kier alpha value is -3.40. The third kappa shape index (κ3) is 5.08. The lowest BCUT2D eigenvalue weighted by Gasteiger charge is -2.34. The highest BCUT2D eigenvalue weighted by molar-refractivity contribution is 5.74. The zero-order valence-corrected chi connectivity index (χ0v) is 18.7. The SMILES string of the molecule is CCOc1cc2c(cc1CNC(=O)NC1CCN(c3ccc(C#N)cc3)CC1)OC(C)C2. The molecule has 2 N–H and O–H groups in total. The van der Waals surface area contributed by atoms with Gasteiger partial charge in [-0.05, 0) is 63.1 Å². The number of anilines is 1. The topological polar surface area (TPSA) is 86.6 Å². The van der Waals surface area contributed by atoms with Crippen molar-refractivity contribution < 1.29 is 14.3 Å². The molecule has 2 aromatic carbocycles. The molecule has 7 nitrogen and oxygen atoms in total. The Kier molecular flexibility index (Phi) is 6.69. The summed E-state index contributed by atoms with van der Waals surface area (Å²) >= 11 is 0. The molecule has 1 fully saturated rings. The third-order valence-corrected chi connectivity index (χ3v) is 6.01. The summed E-state index contributed by atoms with van der Waals surface area (Å²) in [5.41, 5.74) is 3.86. The lowest BCUT2D eigenvalue weighted by molar-refractivity contribution is 0.233. The molecule has 0 spiro atoms. The molecule has 32 heavy (non-hydrogen) atoms. The monoisotopic (exact) mass is 434 g/mol. The Morgan fingerprint density at radius 3 is 2.69 bits per heavy atom. The zero-order valence-electron chi connectivity index (χ0n) is 18.7. The van der Waals surface area contributed by atoms with E-state index >= 15 is 0 Å². The highest BCUT2D eigenvalue weighted by Crippen LogP contribution is 2.35. The van der Waals surface area contributed by atoms with Gasteiger partial charge in [0.05, 0.1) is 18.2 Å². The second kappa shape index (κ2) is 9.82. The highest BCUT2D eigenvalue weighted by Gasteiger charge is 2.23. The van der Waals surface area contributed by atoms with Crippen LogP contribution in [0.5, 0.6) is 11.5 Å². The third-order valence-electron chi connectivity index (χ3n) is 6.01. The van der Waals surface area contributed by atoms with Crippen molar-refractivity contribution in [1.29, 1.82) is 5.26 Å². The van der Waals surface area contributed by atoms with E-state index in [9.17, 15) is 4.79 Å². The minimum absolute atomic E-state index is 0.139. The molecule has 4 rings (SSSR count). The van der Waals surface area contributed by atoms with Gasteiger partial charge in [-0.2, -0.15) is 5.26 Å². The van der Waals surface area contributed by atoms with Crippen molar-refractivity contribution in [2.45, 2.75) is 51.8 Å². The minimum Gasteiger partial charge on any atom is -0.494 e. The van der Waals surface area contributed by atoms with Crippen molar-refractivity contribution in [3.63, 3.8) is 0 Å². The Bertz CT molecular complexity index is 991. The number of amides is 2. The van der Waals surface area contributed by atoms with Crippen LogP contribution in [0.1, 0.15) is 43.4 Å².